The molecule has 3 aromatic heterocycles. The van der Waals surface area contributed by atoms with Crippen LogP contribution in [0.25, 0.3) is 10.2 Å². The lowest BCUT2D eigenvalue weighted by atomic mass is 9.97. The molecule has 1 aliphatic rings. The molecule has 108 valence electrons. The van der Waals surface area contributed by atoms with Gasteiger partial charge in [0.2, 0.25) is 0 Å². The van der Waals surface area contributed by atoms with Crippen LogP contribution >= 0.6 is 34.9 Å². The number of hydrogen-bond donors (Lipinski definition) is 1. The fraction of sp³-hybridized carbons (Fsp3) is 0.357. The summed E-state index contributed by atoms with van der Waals surface area (Å²) in [5.41, 5.74) is 1.27. The quantitative estimate of drug-likeness (QED) is 0.729. The molecule has 0 aromatic carbocycles. The third-order valence-corrected chi connectivity index (χ3v) is 6.17. The van der Waals surface area contributed by atoms with Crippen LogP contribution in [0.5, 0.6) is 0 Å². The number of fused-ring (bicyclic) bond motifs is 3. The van der Waals surface area contributed by atoms with Crippen LogP contribution < -0.4 is 5.56 Å². The fourth-order valence-electron chi connectivity index (χ4n) is 2.88. The van der Waals surface area contributed by atoms with Gasteiger partial charge in [0, 0.05) is 16.5 Å². The van der Waals surface area contributed by atoms with Gasteiger partial charge in [0.25, 0.3) is 5.56 Å². The summed E-state index contributed by atoms with van der Waals surface area (Å²) < 4.78 is 2.12. The highest BCUT2D eigenvalue weighted by molar-refractivity contribution is 7.71. The second kappa shape index (κ2) is 5.15. The summed E-state index contributed by atoms with van der Waals surface area (Å²) in [6, 6.07) is 0. The predicted octanol–water partition coefficient (Wildman–Crippen LogP) is 3.50. The van der Waals surface area contributed by atoms with Crippen molar-refractivity contribution in [2.75, 3.05) is 0 Å². The molecular weight excluding hydrogens is 322 g/mol. The number of thiazole rings is 1. The van der Waals surface area contributed by atoms with E-state index in [9.17, 15) is 4.79 Å². The summed E-state index contributed by atoms with van der Waals surface area (Å²) in [6.07, 6.45) is 6.23. The van der Waals surface area contributed by atoms with E-state index in [4.69, 9.17) is 12.2 Å². The first kappa shape index (κ1) is 13.4. The zero-order valence-corrected chi connectivity index (χ0v) is 13.7. The standard InChI is InChI=1S/C14H13N3OS3/c18-13-11-8-3-1-2-4-9(8)21-12(11)16-14(19)17(13)7-10-15-5-6-20-10/h5-6H,1-4,7H2,(H,16,19). The topological polar surface area (TPSA) is 50.7 Å². The monoisotopic (exact) mass is 335 g/mol. The lowest BCUT2D eigenvalue weighted by Gasteiger charge is -2.10. The first-order valence-corrected chi connectivity index (χ1v) is 9.00. The Morgan fingerprint density at radius 2 is 2.24 bits per heavy atom. The van der Waals surface area contributed by atoms with Gasteiger partial charge < -0.3 is 4.98 Å². The summed E-state index contributed by atoms with van der Waals surface area (Å²) in [6.45, 7) is 0.451. The van der Waals surface area contributed by atoms with Crippen LogP contribution in [0.3, 0.4) is 0 Å². The van der Waals surface area contributed by atoms with Crippen molar-refractivity contribution < 1.29 is 0 Å². The lowest BCUT2D eigenvalue weighted by Crippen LogP contribution is -2.23. The van der Waals surface area contributed by atoms with E-state index in [1.807, 2.05) is 5.38 Å². The molecule has 1 N–H and O–H groups in total. The predicted molar refractivity (Wildman–Crippen MR) is 89.1 cm³/mol. The number of hydrogen-bond acceptors (Lipinski definition) is 5. The van der Waals surface area contributed by atoms with E-state index < -0.39 is 0 Å². The first-order chi connectivity index (χ1) is 10.2. The number of aromatic amines is 1. The number of thiophene rings is 1. The van der Waals surface area contributed by atoms with Gasteiger partial charge >= 0.3 is 0 Å². The molecule has 0 amide bonds. The minimum atomic E-state index is 0.0309. The molecular formula is C14H13N3OS3. The van der Waals surface area contributed by atoms with E-state index in [1.165, 1.54) is 23.3 Å². The molecule has 21 heavy (non-hydrogen) atoms. The Morgan fingerprint density at radius 1 is 1.38 bits per heavy atom. The number of nitrogens with zero attached hydrogens (tertiary/aromatic N) is 2. The minimum Gasteiger partial charge on any atom is -0.323 e. The summed E-state index contributed by atoms with van der Waals surface area (Å²) in [5, 5.41) is 3.66. The lowest BCUT2D eigenvalue weighted by molar-refractivity contribution is 0.696. The Bertz CT molecular complexity index is 917. The highest BCUT2D eigenvalue weighted by atomic mass is 32.1. The van der Waals surface area contributed by atoms with E-state index in [-0.39, 0.29) is 5.56 Å². The summed E-state index contributed by atoms with van der Waals surface area (Å²) in [4.78, 5) is 22.7. The van der Waals surface area contributed by atoms with Crippen molar-refractivity contribution in [3.05, 3.63) is 42.1 Å². The molecule has 4 nitrogen and oxygen atoms in total. The van der Waals surface area contributed by atoms with Crippen molar-refractivity contribution in [2.24, 2.45) is 0 Å². The van der Waals surface area contributed by atoms with E-state index in [1.54, 1.807) is 33.4 Å². The molecule has 0 bridgehead atoms. The van der Waals surface area contributed by atoms with Crippen LogP contribution in [0, 0.1) is 4.77 Å². The van der Waals surface area contributed by atoms with Gasteiger partial charge in [-0.25, -0.2) is 4.98 Å². The molecule has 0 unspecified atom stereocenters. The van der Waals surface area contributed by atoms with Crippen LogP contribution in [0.2, 0.25) is 0 Å². The normalized spacial score (nSPS) is 14.5. The third kappa shape index (κ3) is 2.20. The van der Waals surface area contributed by atoms with Crippen molar-refractivity contribution in [1.82, 2.24) is 14.5 Å². The highest BCUT2D eigenvalue weighted by Crippen LogP contribution is 2.33. The zero-order valence-electron chi connectivity index (χ0n) is 11.2. The minimum absolute atomic E-state index is 0.0309. The Kier molecular flexibility index (Phi) is 3.28. The summed E-state index contributed by atoms with van der Waals surface area (Å²) in [5.74, 6) is 0. The molecule has 0 spiro atoms. The van der Waals surface area contributed by atoms with Gasteiger partial charge in [0.15, 0.2) is 4.77 Å². The molecule has 0 atom stereocenters. The number of H-pyrrole nitrogens is 1. The average Bonchev–Trinajstić information content (AvgIpc) is 3.10. The maximum absolute atomic E-state index is 12.9. The third-order valence-electron chi connectivity index (χ3n) is 3.87. The van der Waals surface area contributed by atoms with E-state index in [0.717, 1.165) is 28.1 Å². The van der Waals surface area contributed by atoms with Crippen LogP contribution in [-0.2, 0) is 19.4 Å². The number of aryl methyl sites for hydroxylation is 2. The van der Waals surface area contributed by atoms with Crippen LogP contribution in [0.1, 0.15) is 28.3 Å². The van der Waals surface area contributed by atoms with Gasteiger partial charge in [-0.05, 0) is 43.5 Å². The largest absolute Gasteiger partial charge is 0.323 e. The zero-order chi connectivity index (χ0) is 14.4. The summed E-state index contributed by atoms with van der Waals surface area (Å²) in [7, 11) is 0. The van der Waals surface area contributed by atoms with Gasteiger partial charge in [-0.15, -0.1) is 22.7 Å². The van der Waals surface area contributed by atoms with Crippen molar-refractivity contribution in [3.63, 3.8) is 0 Å². The van der Waals surface area contributed by atoms with Crippen molar-refractivity contribution >= 4 is 45.1 Å². The molecule has 0 saturated heterocycles. The van der Waals surface area contributed by atoms with Gasteiger partial charge in [0.1, 0.15) is 9.84 Å². The average molecular weight is 335 g/mol. The van der Waals surface area contributed by atoms with Gasteiger partial charge in [-0.2, -0.15) is 0 Å². The molecule has 7 heteroatoms. The van der Waals surface area contributed by atoms with Crippen molar-refractivity contribution in [1.29, 1.82) is 0 Å². The Balaban J connectivity index is 1.95. The summed E-state index contributed by atoms with van der Waals surface area (Å²) >= 11 is 8.61. The van der Waals surface area contributed by atoms with Crippen LogP contribution in [-0.4, -0.2) is 14.5 Å². The van der Waals surface area contributed by atoms with E-state index >= 15 is 0 Å². The van der Waals surface area contributed by atoms with Gasteiger partial charge in [-0.1, -0.05) is 0 Å². The van der Waals surface area contributed by atoms with Crippen LogP contribution in [0.15, 0.2) is 16.4 Å². The van der Waals surface area contributed by atoms with E-state index in [0.29, 0.717) is 11.3 Å². The molecule has 4 rings (SSSR count). The molecule has 3 aromatic rings. The molecule has 3 heterocycles. The SMILES string of the molecule is O=c1c2c3c(sc2[nH]c(=S)n1Cc1nccs1)CCCC3. The second-order valence-electron chi connectivity index (χ2n) is 5.16. The second-order valence-corrected chi connectivity index (χ2v) is 7.63. The molecule has 0 radical (unpaired) electrons. The number of aromatic nitrogens is 3. The maximum atomic E-state index is 12.9. The molecule has 0 saturated carbocycles. The number of rotatable bonds is 2. The smallest absolute Gasteiger partial charge is 0.263 e. The van der Waals surface area contributed by atoms with Crippen LogP contribution in [0.4, 0.5) is 0 Å². The molecule has 0 aliphatic heterocycles. The fourth-order valence-corrected chi connectivity index (χ4v) is 5.08. The first-order valence-electron chi connectivity index (χ1n) is 6.90. The Hall–Kier alpha value is -1.31. The molecule has 0 fully saturated rings. The van der Waals surface area contributed by atoms with E-state index in [2.05, 4.69) is 9.97 Å². The Morgan fingerprint density at radius 3 is 3.05 bits per heavy atom. The van der Waals surface area contributed by atoms with Crippen molar-refractivity contribution in [3.8, 4) is 0 Å². The van der Waals surface area contributed by atoms with Crippen molar-refractivity contribution in [2.45, 2.75) is 32.2 Å². The van der Waals surface area contributed by atoms with Gasteiger partial charge in [0.05, 0.1) is 11.9 Å². The maximum Gasteiger partial charge on any atom is 0.263 e. The molecule has 1 aliphatic carbocycles. The Labute approximate surface area is 134 Å². The number of nitrogens with one attached hydrogen (secondary N) is 1. The highest BCUT2D eigenvalue weighted by Gasteiger charge is 2.20. The van der Waals surface area contributed by atoms with Gasteiger partial charge in [-0.3, -0.25) is 9.36 Å².